The van der Waals surface area contributed by atoms with E-state index in [-0.39, 0.29) is 34.3 Å². The van der Waals surface area contributed by atoms with E-state index >= 15 is 0 Å². The van der Waals surface area contributed by atoms with Gasteiger partial charge in [0.25, 0.3) is 0 Å². The lowest BCUT2D eigenvalue weighted by molar-refractivity contribution is 0.670. The number of furan rings is 1. The molecule has 0 saturated heterocycles. The predicted molar refractivity (Wildman–Crippen MR) is 190 cm³/mol. The Morgan fingerprint density at radius 3 is 1.56 bits per heavy atom. The summed E-state index contributed by atoms with van der Waals surface area (Å²) in [6, 6.07) is 18.3. The van der Waals surface area contributed by atoms with Gasteiger partial charge in [-0.2, -0.15) is 0 Å². The summed E-state index contributed by atoms with van der Waals surface area (Å²) in [4.78, 5) is 0. The highest BCUT2D eigenvalue weighted by Gasteiger charge is 2.20. The Balaban J connectivity index is 1.36. The predicted octanol–water partition coefficient (Wildman–Crippen LogP) is 12.6. The molecule has 1 heteroatoms. The van der Waals surface area contributed by atoms with Crippen molar-refractivity contribution in [3.05, 3.63) is 170 Å². The van der Waals surface area contributed by atoms with Gasteiger partial charge in [-0.3, -0.25) is 0 Å². The van der Waals surface area contributed by atoms with Crippen LogP contribution >= 0.6 is 0 Å². The van der Waals surface area contributed by atoms with E-state index in [4.69, 9.17) is 22.2 Å². The minimum Gasteiger partial charge on any atom is -0.455 e. The molecule has 9 aromatic rings. The number of hydrogen-bond acceptors (Lipinski definition) is 1. The second-order valence-electron chi connectivity index (χ2n) is 10.6. The molecular weight excluding hydrogens is 544 g/mol. The van der Waals surface area contributed by atoms with Crippen LogP contribution in [0.4, 0.5) is 0 Å². The van der Waals surface area contributed by atoms with Gasteiger partial charge in [-0.1, -0.05) is 157 Å². The van der Waals surface area contributed by atoms with Crippen molar-refractivity contribution in [2.45, 2.75) is 0 Å². The van der Waals surface area contributed by atoms with Gasteiger partial charge >= 0.3 is 0 Å². The van der Waals surface area contributed by atoms with E-state index in [9.17, 15) is 1.37 Å². The first-order chi connectivity index (χ1) is 28.1. The third-order valence-corrected chi connectivity index (χ3v) is 8.18. The van der Waals surface area contributed by atoms with Gasteiger partial charge in [-0.25, -0.2) is 0 Å². The van der Waals surface area contributed by atoms with Gasteiger partial charge in [0.05, 0.1) is 19.2 Å². The van der Waals surface area contributed by atoms with Crippen LogP contribution in [0.3, 0.4) is 0 Å². The molecule has 0 radical (unpaired) electrons. The maximum atomic E-state index is 9.29. The zero-order valence-electron chi connectivity index (χ0n) is 37.5. The zero-order valence-corrected chi connectivity index (χ0v) is 23.5. The van der Waals surface area contributed by atoms with E-state index in [1.807, 2.05) is 60.7 Å². The van der Waals surface area contributed by atoms with E-state index < -0.39 is 72.5 Å². The van der Waals surface area contributed by atoms with Crippen molar-refractivity contribution in [3.8, 4) is 44.5 Å². The molecule has 0 aliphatic heterocycles. The molecule has 0 unspecified atom stereocenters. The summed E-state index contributed by atoms with van der Waals surface area (Å²) in [5, 5.41) is 3.94. The normalized spacial score (nSPS) is 15.9. The third-order valence-electron chi connectivity index (χ3n) is 8.18. The smallest absolute Gasteiger partial charge is 0.143 e. The largest absolute Gasteiger partial charge is 0.455 e. The van der Waals surface area contributed by atoms with E-state index in [0.717, 1.165) is 16.5 Å². The zero-order chi connectivity index (χ0) is 41.9. The van der Waals surface area contributed by atoms with Gasteiger partial charge in [0.2, 0.25) is 0 Å². The Bertz CT molecular complexity index is 3220. The van der Waals surface area contributed by atoms with Crippen LogP contribution in [-0.4, -0.2) is 0 Å². The van der Waals surface area contributed by atoms with E-state index in [0.29, 0.717) is 49.2 Å². The molecule has 1 nitrogen and oxygen atoms in total. The van der Waals surface area contributed by atoms with E-state index in [2.05, 4.69) is 0 Å². The summed E-state index contributed by atoms with van der Waals surface area (Å²) >= 11 is 0. The van der Waals surface area contributed by atoms with Crippen molar-refractivity contribution in [2.75, 3.05) is 0 Å². The summed E-state index contributed by atoms with van der Waals surface area (Å²) in [5.74, 6) is 0. The fraction of sp³-hybridized carbons (Fsp3) is 0. The van der Waals surface area contributed by atoms with Crippen molar-refractivity contribution in [1.29, 1.82) is 0 Å². The Morgan fingerprint density at radius 1 is 0.378 bits per heavy atom. The molecule has 0 bridgehead atoms. The number of hydrogen-bond donors (Lipinski definition) is 0. The standard InChI is InChI=1S/C44H28O/c1-3-14-29(15-4-1)32-18-7-8-19-35(32)43-38-22-11-9-20-36(38)42(37-21-10-12-23-39(37)43)31-26-27-34-40-25-13-24-33(30-16-5-2-6-17-30)44(40)45-41(34)28-31/h1-28H/i1D,2D,3D,4D,5D,6D,7D,8D,14D,15D,16D,17D,18D,19D. The molecule has 0 fully saturated rings. The topological polar surface area (TPSA) is 13.1 Å². The molecule has 0 spiro atoms. The van der Waals surface area contributed by atoms with Crippen LogP contribution in [0.2, 0.25) is 0 Å². The molecular formula is C44H28O. The van der Waals surface area contributed by atoms with Crippen molar-refractivity contribution >= 4 is 43.5 Å². The lowest BCUT2D eigenvalue weighted by atomic mass is 9.84. The minimum atomic E-state index is -0.633. The summed E-state index contributed by atoms with van der Waals surface area (Å²) in [6.45, 7) is 0. The van der Waals surface area contributed by atoms with Crippen LogP contribution in [0, 0.1) is 0 Å². The van der Waals surface area contributed by atoms with Crippen molar-refractivity contribution in [2.24, 2.45) is 0 Å². The number of para-hydroxylation sites is 1. The summed E-state index contributed by atoms with van der Waals surface area (Å²) in [7, 11) is 0. The van der Waals surface area contributed by atoms with Gasteiger partial charge in [0.15, 0.2) is 0 Å². The van der Waals surface area contributed by atoms with Crippen LogP contribution in [0.5, 0.6) is 0 Å². The fourth-order valence-electron chi connectivity index (χ4n) is 6.31. The highest BCUT2D eigenvalue weighted by Crippen LogP contribution is 2.47. The molecule has 0 saturated carbocycles. The van der Waals surface area contributed by atoms with Crippen LogP contribution in [0.1, 0.15) is 19.2 Å². The number of rotatable bonds is 4. The maximum Gasteiger partial charge on any atom is 0.143 e. The third kappa shape index (κ3) is 4.09. The first kappa shape index (κ1) is 15.2. The Labute approximate surface area is 281 Å². The highest BCUT2D eigenvalue weighted by molar-refractivity contribution is 6.23. The quantitative estimate of drug-likeness (QED) is 0.187. The Morgan fingerprint density at radius 2 is 0.911 bits per heavy atom. The van der Waals surface area contributed by atoms with Crippen LogP contribution in [-0.2, 0) is 0 Å². The number of benzene rings is 8. The first-order valence-electron chi connectivity index (χ1n) is 21.3. The van der Waals surface area contributed by atoms with E-state index in [1.165, 1.54) is 0 Å². The maximum absolute atomic E-state index is 9.29. The summed E-state index contributed by atoms with van der Waals surface area (Å²) in [6.07, 6.45) is 0. The van der Waals surface area contributed by atoms with Gasteiger partial charge in [0, 0.05) is 16.3 Å². The average molecular weight is 587 g/mol. The summed E-state index contributed by atoms with van der Waals surface area (Å²) in [5.41, 5.74) is 2.50. The first-order valence-corrected chi connectivity index (χ1v) is 14.3. The van der Waals surface area contributed by atoms with Gasteiger partial charge in [-0.05, 0) is 72.6 Å². The highest BCUT2D eigenvalue weighted by atomic mass is 16.3. The lowest BCUT2D eigenvalue weighted by Gasteiger charge is -2.19. The monoisotopic (exact) mass is 586 g/mol. The average Bonchev–Trinajstić information content (AvgIpc) is 3.62. The molecule has 0 aliphatic carbocycles. The van der Waals surface area contributed by atoms with E-state index in [1.54, 1.807) is 24.3 Å². The molecule has 1 heterocycles. The van der Waals surface area contributed by atoms with Crippen LogP contribution in [0.25, 0.3) is 88.0 Å². The molecule has 45 heavy (non-hydrogen) atoms. The molecule has 9 rings (SSSR count). The Kier molecular flexibility index (Phi) is 3.50. The molecule has 0 N–H and O–H groups in total. The Hall–Kier alpha value is -5.92. The van der Waals surface area contributed by atoms with Crippen molar-refractivity contribution < 1.29 is 23.6 Å². The number of fused-ring (bicyclic) bond motifs is 5. The second kappa shape index (κ2) is 10.4. The van der Waals surface area contributed by atoms with Gasteiger partial charge < -0.3 is 4.42 Å². The van der Waals surface area contributed by atoms with Crippen molar-refractivity contribution in [3.63, 3.8) is 0 Å². The minimum absolute atomic E-state index is 0.0126. The SMILES string of the molecule is [2H]c1c([2H])c([2H])c(-c2c([2H])c([2H])c([2H])c([2H])c2-c2c3ccccc3c(-c3ccc4c(c3)oc3c(-c5c([2H])c([2H])c([2H])c([2H])c5[2H])cccc34)c3ccccc23)c([2H])c1[2H]. The second-order valence-corrected chi connectivity index (χ2v) is 10.6. The molecule has 8 aromatic carbocycles. The van der Waals surface area contributed by atoms with Crippen molar-refractivity contribution in [1.82, 2.24) is 0 Å². The molecule has 0 amide bonds. The molecule has 210 valence electrons. The summed E-state index contributed by atoms with van der Waals surface area (Å²) < 4.78 is 127. The van der Waals surface area contributed by atoms with Crippen LogP contribution < -0.4 is 0 Å². The van der Waals surface area contributed by atoms with Gasteiger partial charge in [-0.15, -0.1) is 0 Å². The van der Waals surface area contributed by atoms with Crippen LogP contribution in [0.15, 0.2) is 174 Å². The lowest BCUT2D eigenvalue weighted by Crippen LogP contribution is -1.92. The molecule has 0 aliphatic rings. The molecule has 1 aromatic heterocycles. The molecule has 0 atom stereocenters. The van der Waals surface area contributed by atoms with Gasteiger partial charge in [0.1, 0.15) is 11.2 Å². The fourth-order valence-corrected chi connectivity index (χ4v) is 6.31.